The van der Waals surface area contributed by atoms with Crippen molar-refractivity contribution in [1.29, 1.82) is 0 Å². The first-order valence-corrected chi connectivity index (χ1v) is 8.79. The number of nitrogens with zero attached hydrogens (tertiary/aromatic N) is 1. The summed E-state index contributed by atoms with van der Waals surface area (Å²) in [6.07, 6.45) is 1.40. The van der Waals surface area contributed by atoms with Crippen molar-refractivity contribution in [2.45, 2.75) is 13.8 Å². The Balaban J connectivity index is 0.00000420. The number of hydrogen-bond acceptors (Lipinski definition) is 6. The van der Waals surface area contributed by atoms with Gasteiger partial charge in [-0.1, -0.05) is 13.8 Å². The Hall–Kier alpha value is -2.71. The molecule has 2 amide bonds. The number of hydrogen-bond donors (Lipinski definition) is 2. The van der Waals surface area contributed by atoms with Gasteiger partial charge in [-0.25, -0.2) is 0 Å². The lowest BCUT2D eigenvalue weighted by Crippen LogP contribution is -2.40. The second kappa shape index (κ2) is 10.2. The highest BCUT2D eigenvalue weighted by molar-refractivity contribution is 6.08. The average Bonchev–Trinajstić information content (AvgIpc) is 3.21. The summed E-state index contributed by atoms with van der Waals surface area (Å²) in [5, 5.41) is 2.71. The maximum Gasteiger partial charge on any atom is 0.291 e. The molecule has 0 spiro atoms. The summed E-state index contributed by atoms with van der Waals surface area (Å²) in [5.41, 5.74) is 6.10. The molecule has 0 radical (unpaired) electrons. The van der Waals surface area contributed by atoms with Crippen molar-refractivity contribution >= 4 is 29.9 Å². The lowest BCUT2D eigenvalue weighted by Gasteiger charge is -2.29. The summed E-state index contributed by atoms with van der Waals surface area (Å²) in [7, 11) is 4.65. The van der Waals surface area contributed by atoms with Crippen LogP contribution in [-0.2, 0) is 0 Å². The maximum absolute atomic E-state index is 13.1. The van der Waals surface area contributed by atoms with Gasteiger partial charge in [-0.2, -0.15) is 0 Å². The van der Waals surface area contributed by atoms with Crippen molar-refractivity contribution < 1.29 is 23.5 Å². The van der Waals surface area contributed by atoms with Gasteiger partial charge in [0.1, 0.15) is 0 Å². The van der Waals surface area contributed by atoms with Crippen LogP contribution >= 0.6 is 12.4 Å². The van der Waals surface area contributed by atoms with Gasteiger partial charge in [-0.15, -0.1) is 12.4 Å². The molecule has 0 aliphatic heterocycles. The van der Waals surface area contributed by atoms with Gasteiger partial charge >= 0.3 is 0 Å². The fraction of sp³-hybridized carbons (Fsp3) is 0.400. The smallest absolute Gasteiger partial charge is 0.291 e. The highest BCUT2D eigenvalue weighted by atomic mass is 35.5. The number of amides is 2. The van der Waals surface area contributed by atoms with Crippen LogP contribution in [0.4, 0.5) is 5.69 Å². The summed E-state index contributed by atoms with van der Waals surface area (Å²) in [5.74, 6) is 0.145. The molecule has 0 aliphatic rings. The van der Waals surface area contributed by atoms with Gasteiger partial charge in [0.2, 0.25) is 0 Å². The molecule has 2 aromatic rings. The first kappa shape index (κ1) is 24.3. The Morgan fingerprint density at radius 3 is 2.34 bits per heavy atom. The zero-order chi connectivity index (χ0) is 20.9. The number of anilines is 1. The van der Waals surface area contributed by atoms with Crippen LogP contribution in [-0.4, -0.2) is 51.1 Å². The summed E-state index contributed by atoms with van der Waals surface area (Å²) in [6.45, 7) is 4.83. The molecule has 0 saturated carbocycles. The van der Waals surface area contributed by atoms with Gasteiger partial charge in [0.25, 0.3) is 11.8 Å². The Morgan fingerprint density at radius 1 is 1.21 bits per heavy atom. The highest BCUT2D eigenvalue weighted by Crippen LogP contribution is 2.34. The Morgan fingerprint density at radius 2 is 1.83 bits per heavy atom. The van der Waals surface area contributed by atoms with E-state index in [4.69, 9.17) is 19.6 Å². The molecule has 0 fully saturated rings. The van der Waals surface area contributed by atoms with Crippen LogP contribution in [0.15, 0.2) is 34.9 Å². The van der Waals surface area contributed by atoms with E-state index >= 15 is 0 Å². The molecule has 0 unspecified atom stereocenters. The van der Waals surface area contributed by atoms with Gasteiger partial charge in [-0.05, 0) is 30.2 Å². The minimum Gasteiger partial charge on any atom is -0.493 e. The van der Waals surface area contributed by atoms with Crippen LogP contribution in [0, 0.1) is 5.41 Å². The number of rotatable bonds is 8. The molecule has 0 atom stereocenters. The second-order valence-corrected chi connectivity index (χ2v) is 7.21. The second-order valence-electron chi connectivity index (χ2n) is 7.21. The number of nitrogens with two attached hydrogens (primary N) is 1. The van der Waals surface area contributed by atoms with E-state index in [1.165, 1.54) is 26.5 Å². The number of methoxy groups -OCH3 is 2. The molecule has 1 heterocycles. The third-order valence-corrected chi connectivity index (χ3v) is 4.31. The van der Waals surface area contributed by atoms with Crippen molar-refractivity contribution in [3.8, 4) is 11.5 Å². The van der Waals surface area contributed by atoms with Crippen LogP contribution in [0.3, 0.4) is 0 Å². The first-order valence-electron chi connectivity index (χ1n) is 8.79. The van der Waals surface area contributed by atoms with E-state index in [1.807, 2.05) is 13.8 Å². The topological polar surface area (TPSA) is 107 Å². The molecule has 3 N–H and O–H groups in total. The van der Waals surface area contributed by atoms with Gasteiger partial charge in [0.15, 0.2) is 17.3 Å². The van der Waals surface area contributed by atoms with E-state index in [1.54, 1.807) is 30.1 Å². The number of ether oxygens (including phenoxy) is 2. The number of nitrogens with one attached hydrogen (secondary N) is 1. The van der Waals surface area contributed by atoms with E-state index in [0.717, 1.165) is 0 Å². The molecule has 1 aromatic heterocycles. The number of furan rings is 1. The van der Waals surface area contributed by atoms with Crippen LogP contribution < -0.4 is 20.5 Å². The molecule has 29 heavy (non-hydrogen) atoms. The highest BCUT2D eigenvalue weighted by Gasteiger charge is 2.26. The van der Waals surface area contributed by atoms with Crippen molar-refractivity contribution in [1.82, 2.24) is 4.90 Å². The minimum atomic E-state index is -0.476. The molecule has 2 rings (SSSR count). The zero-order valence-corrected chi connectivity index (χ0v) is 18.1. The summed E-state index contributed by atoms with van der Waals surface area (Å²) in [4.78, 5) is 27.1. The molecule has 1 aromatic carbocycles. The maximum atomic E-state index is 13.1. The monoisotopic (exact) mass is 425 g/mol. The predicted octanol–water partition coefficient (Wildman–Crippen LogP) is 3.03. The number of carbonyl (C=O) groups excluding carboxylic acids is 2. The Labute approximate surface area is 176 Å². The molecule has 0 saturated heterocycles. The van der Waals surface area contributed by atoms with Crippen LogP contribution in [0.25, 0.3) is 0 Å². The zero-order valence-electron chi connectivity index (χ0n) is 17.3. The van der Waals surface area contributed by atoms with E-state index in [9.17, 15) is 9.59 Å². The van der Waals surface area contributed by atoms with Crippen molar-refractivity contribution in [3.05, 3.63) is 41.9 Å². The van der Waals surface area contributed by atoms with Gasteiger partial charge in [-0.3, -0.25) is 9.59 Å². The number of carbonyl (C=O) groups is 2. The lowest BCUT2D eigenvalue weighted by atomic mass is 9.93. The van der Waals surface area contributed by atoms with Gasteiger partial charge in [0, 0.05) is 19.7 Å². The van der Waals surface area contributed by atoms with Crippen LogP contribution in [0.5, 0.6) is 11.5 Å². The molecule has 8 nitrogen and oxygen atoms in total. The fourth-order valence-corrected chi connectivity index (χ4v) is 2.74. The molecule has 9 heteroatoms. The number of halogens is 1. The Kier molecular flexibility index (Phi) is 8.54. The van der Waals surface area contributed by atoms with E-state index < -0.39 is 5.91 Å². The molecule has 0 bridgehead atoms. The third-order valence-electron chi connectivity index (χ3n) is 4.31. The predicted molar refractivity (Wildman–Crippen MR) is 113 cm³/mol. The fourth-order valence-electron chi connectivity index (χ4n) is 2.74. The van der Waals surface area contributed by atoms with Gasteiger partial charge in [0.05, 0.1) is 31.7 Å². The quantitative estimate of drug-likeness (QED) is 0.673. The lowest BCUT2D eigenvalue weighted by molar-refractivity contribution is 0.0741. The molecular formula is C20H28ClN3O5. The normalized spacial score (nSPS) is 10.7. The van der Waals surface area contributed by atoms with Crippen molar-refractivity contribution in [2.24, 2.45) is 11.1 Å². The minimum absolute atomic E-state index is 0. The first-order chi connectivity index (χ1) is 13.2. The third kappa shape index (κ3) is 5.88. The van der Waals surface area contributed by atoms with Crippen molar-refractivity contribution in [2.75, 3.05) is 39.7 Å². The van der Waals surface area contributed by atoms with Crippen LogP contribution in [0.2, 0.25) is 0 Å². The summed E-state index contributed by atoms with van der Waals surface area (Å²) in [6, 6.07) is 6.24. The van der Waals surface area contributed by atoms with E-state index in [-0.39, 0.29) is 35.1 Å². The SMILES string of the molecule is COc1cc(NC(=O)c2ccco2)c(C(=O)N(C)CC(C)(C)CN)cc1OC.Cl. The molecular weight excluding hydrogens is 398 g/mol. The van der Waals surface area contributed by atoms with E-state index in [2.05, 4.69) is 5.32 Å². The summed E-state index contributed by atoms with van der Waals surface area (Å²) >= 11 is 0. The van der Waals surface area contributed by atoms with Crippen molar-refractivity contribution in [3.63, 3.8) is 0 Å². The van der Waals surface area contributed by atoms with Crippen LogP contribution in [0.1, 0.15) is 34.8 Å². The average molecular weight is 426 g/mol. The largest absolute Gasteiger partial charge is 0.493 e. The molecule has 160 valence electrons. The summed E-state index contributed by atoms with van der Waals surface area (Å²) < 4.78 is 15.7. The Bertz CT molecular complexity index is 837. The molecule has 0 aliphatic carbocycles. The standard InChI is InChI=1S/C20H27N3O5.ClH/c1-20(2,11-21)12-23(3)19(25)13-9-16(26-4)17(27-5)10-14(13)22-18(24)15-7-6-8-28-15;/h6-10H,11-12,21H2,1-5H3,(H,22,24);1H. The van der Waals surface area contributed by atoms with E-state index in [0.29, 0.717) is 30.3 Å². The number of benzene rings is 1. The van der Waals surface area contributed by atoms with Gasteiger partial charge < -0.3 is 29.8 Å².